The van der Waals surface area contributed by atoms with Crippen molar-refractivity contribution < 1.29 is 0 Å². The third kappa shape index (κ3) is 2.95. The molecule has 0 spiro atoms. The second-order valence-electron chi connectivity index (χ2n) is 3.84. The molecule has 1 fully saturated rings. The number of hydrogen-bond donors (Lipinski definition) is 3. The Morgan fingerprint density at radius 2 is 2.00 bits per heavy atom. The van der Waals surface area contributed by atoms with E-state index in [2.05, 4.69) is 22.7 Å². The number of hydrazine groups is 1. The first-order valence-corrected chi connectivity index (χ1v) is 5.16. The zero-order chi connectivity index (χ0) is 10.7. The standard InChI is InChI=1S/C11H16N4/c1-8-2-4-9(5-3-8)13-11(15-12)14-10-6-7-10/h2-5,10H,6-7,12H2,1H3,(H2,13,14,15). The number of nitrogens with two attached hydrogens (primary N) is 1. The Bertz CT molecular complexity index is 351. The van der Waals surface area contributed by atoms with Gasteiger partial charge in [0.15, 0.2) is 0 Å². The molecule has 1 aromatic carbocycles. The normalized spacial score (nSPS) is 16.3. The second kappa shape index (κ2) is 4.31. The molecule has 1 aliphatic rings. The van der Waals surface area contributed by atoms with Crippen molar-refractivity contribution in [2.75, 3.05) is 5.32 Å². The number of guanidine groups is 1. The molecule has 0 aliphatic heterocycles. The molecule has 15 heavy (non-hydrogen) atoms. The first kappa shape index (κ1) is 9.98. The maximum Gasteiger partial charge on any atom is 0.210 e. The van der Waals surface area contributed by atoms with Crippen molar-refractivity contribution in [3.05, 3.63) is 29.8 Å². The number of nitrogens with one attached hydrogen (secondary N) is 2. The number of aryl methyl sites for hydroxylation is 1. The molecule has 0 saturated heterocycles. The lowest BCUT2D eigenvalue weighted by Gasteiger charge is -2.08. The van der Waals surface area contributed by atoms with Gasteiger partial charge in [0.1, 0.15) is 0 Å². The monoisotopic (exact) mass is 204 g/mol. The highest BCUT2D eigenvalue weighted by Gasteiger charge is 2.20. The van der Waals surface area contributed by atoms with Crippen LogP contribution < -0.4 is 16.6 Å². The molecular formula is C11H16N4. The van der Waals surface area contributed by atoms with Gasteiger partial charge in [-0.25, -0.2) is 10.8 Å². The van der Waals surface area contributed by atoms with Crippen LogP contribution in [0.5, 0.6) is 0 Å². The predicted octanol–water partition coefficient (Wildman–Crippen LogP) is 1.39. The van der Waals surface area contributed by atoms with Crippen LogP contribution in [0.4, 0.5) is 5.69 Å². The Morgan fingerprint density at radius 3 is 2.53 bits per heavy atom. The van der Waals surface area contributed by atoms with Crippen molar-refractivity contribution >= 4 is 11.6 Å². The van der Waals surface area contributed by atoms with Crippen LogP contribution in [0.15, 0.2) is 29.3 Å². The van der Waals surface area contributed by atoms with Crippen molar-refractivity contribution in [1.29, 1.82) is 0 Å². The summed E-state index contributed by atoms with van der Waals surface area (Å²) in [5, 5.41) is 3.14. The predicted molar refractivity (Wildman–Crippen MR) is 62.6 cm³/mol. The Morgan fingerprint density at radius 1 is 1.33 bits per heavy atom. The average Bonchev–Trinajstić information content (AvgIpc) is 3.04. The zero-order valence-corrected chi connectivity index (χ0v) is 8.83. The van der Waals surface area contributed by atoms with Crippen LogP contribution >= 0.6 is 0 Å². The highest BCUT2D eigenvalue weighted by Crippen LogP contribution is 2.23. The number of rotatable bonds is 2. The van der Waals surface area contributed by atoms with Gasteiger partial charge >= 0.3 is 0 Å². The summed E-state index contributed by atoms with van der Waals surface area (Å²) in [5.74, 6) is 6.02. The summed E-state index contributed by atoms with van der Waals surface area (Å²) in [6.07, 6.45) is 2.33. The van der Waals surface area contributed by atoms with Crippen LogP contribution in [-0.4, -0.2) is 12.0 Å². The maximum absolute atomic E-state index is 5.38. The lowest BCUT2D eigenvalue weighted by atomic mass is 10.2. The first-order chi connectivity index (χ1) is 7.28. The van der Waals surface area contributed by atoms with E-state index >= 15 is 0 Å². The molecule has 0 amide bonds. The fraction of sp³-hybridized carbons (Fsp3) is 0.364. The minimum atomic E-state index is 0.453. The molecule has 0 unspecified atom stereocenters. The fourth-order valence-corrected chi connectivity index (χ4v) is 1.27. The fourth-order valence-electron chi connectivity index (χ4n) is 1.27. The lowest BCUT2D eigenvalue weighted by molar-refractivity contribution is 0.966. The van der Waals surface area contributed by atoms with E-state index in [4.69, 9.17) is 5.84 Å². The van der Waals surface area contributed by atoms with Crippen LogP contribution in [-0.2, 0) is 0 Å². The highest BCUT2D eigenvalue weighted by atomic mass is 15.3. The molecular weight excluding hydrogens is 188 g/mol. The number of aliphatic imine (C=N–C) groups is 1. The molecule has 4 nitrogen and oxygen atoms in total. The molecule has 1 saturated carbocycles. The van der Waals surface area contributed by atoms with Crippen LogP contribution in [0.3, 0.4) is 0 Å². The molecule has 0 bridgehead atoms. The van der Waals surface area contributed by atoms with Crippen molar-refractivity contribution in [2.24, 2.45) is 10.8 Å². The van der Waals surface area contributed by atoms with Gasteiger partial charge in [0.2, 0.25) is 5.96 Å². The van der Waals surface area contributed by atoms with Gasteiger partial charge in [0, 0.05) is 5.69 Å². The van der Waals surface area contributed by atoms with E-state index in [0.29, 0.717) is 12.0 Å². The number of hydrogen-bond acceptors (Lipinski definition) is 2. The topological polar surface area (TPSA) is 62.4 Å². The summed E-state index contributed by atoms with van der Waals surface area (Å²) in [4.78, 5) is 4.39. The second-order valence-corrected chi connectivity index (χ2v) is 3.84. The molecule has 1 aromatic rings. The Kier molecular flexibility index (Phi) is 2.87. The van der Waals surface area contributed by atoms with Gasteiger partial charge in [-0.3, -0.25) is 5.43 Å². The van der Waals surface area contributed by atoms with Crippen molar-refractivity contribution in [2.45, 2.75) is 25.8 Å². The molecule has 1 aliphatic carbocycles. The Balaban J connectivity index is 2.02. The van der Waals surface area contributed by atoms with Gasteiger partial charge in [0.25, 0.3) is 0 Å². The summed E-state index contributed by atoms with van der Waals surface area (Å²) in [6.45, 7) is 2.06. The van der Waals surface area contributed by atoms with Gasteiger partial charge in [-0.05, 0) is 31.9 Å². The molecule has 0 radical (unpaired) electrons. The maximum atomic E-state index is 5.38. The van der Waals surface area contributed by atoms with Gasteiger partial charge in [0.05, 0.1) is 6.04 Å². The first-order valence-electron chi connectivity index (χ1n) is 5.16. The quantitative estimate of drug-likeness (QED) is 0.295. The third-order valence-electron chi connectivity index (χ3n) is 2.31. The van der Waals surface area contributed by atoms with Gasteiger partial charge in [-0.1, -0.05) is 17.7 Å². The average molecular weight is 204 g/mol. The Labute approximate surface area is 89.6 Å². The molecule has 2 rings (SSSR count). The van der Waals surface area contributed by atoms with E-state index in [1.54, 1.807) is 0 Å². The molecule has 0 atom stereocenters. The van der Waals surface area contributed by atoms with E-state index in [-0.39, 0.29) is 0 Å². The zero-order valence-electron chi connectivity index (χ0n) is 8.83. The molecule has 80 valence electrons. The largest absolute Gasteiger partial charge is 0.325 e. The third-order valence-corrected chi connectivity index (χ3v) is 2.31. The van der Waals surface area contributed by atoms with Gasteiger partial charge < -0.3 is 5.32 Å². The minimum Gasteiger partial charge on any atom is -0.325 e. The SMILES string of the molecule is Cc1ccc(NC(=NC2CC2)NN)cc1. The van der Waals surface area contributed by atoms with Crippen LogP contribution in [0, 0.1) is 6.92 Å². The summed E-state index contributed by atoms with van der Waals surface area (Å²) < 4.78 is 0. The van der Waals surface area contributed by atoms with Gasteiger partial charge in [-0.15, -0.1) is 0 Å². The van der Waals surface area contributed by atoms with Crippen LogP contribution in [0.25, 0.3) is 0 Å². The van der Waals surface area contributed by atoms with Crippen LogP contribution in [0.2, 0.25) is 0 Å². The summed E-state index contributed by atoms with van der Waals surface area (Å²) in [5.41, 5.74) is 4.81. The van der Waals surface area contributed by atoms with Crippen molar-refractivity contribution in [1.82, 2.24) is 5.43 Å². The number of benzene rings is 1. The van der Waals surface area contributed by atoms with Crippen molar-refractivity contribution in [3.8, 4) is 0 Å². The van der Waals surface area contributed by atoms with Gasteiger partial charge in [-0.2, -0.15) is 0 Å². The summed E-state index contributed by atoms with van der Waals surface area (Å²) in [7, 11) is 0. The van der Waals surface area contributed by atoms with E-state index in [0.717, 1.165) is 5.69 Å². The summed E-state index contributed by atoms with van der Waals surface area (Å²) >= 11 is 0. The smallest absolute Gasteiger partial charge is 0.210 e. The lowest BCUT2D eigenvalue weighted by Crippen LogP contribution is -2.36. The molecule has 0 heterocycles. The molecule has 4 N–H and O–H groups in total. The van der Waals surface area contributed by atoms with E-state index in [1.807, 2.05) is 24.3 Å². The Hall–Kier alpha value is -1.55. The molecule has 4 heteroatoms. The minimum absolute atomic E-state index is 0.453. The van der Waals surface area contributed by atoms with Crippen molar-refractivity contribution in [3.63, 3.8) is 0 Å². The number of nitrogens with zero attached hydrogens (tertiary/aromatic N) is 1. The highest BCUT2D eigenvalue weighted by molar-refractivity contribution is 5.93. The molecule has 0 aromatic heterocycles. The van der Waals surface area contributed by atoms with E-state index in [1.165, 1.54) is 18.4 Å². The van der Waals surface area contributed by atoms with Crippen LogP contribution in [0.1, 0.15) is 18.4 Å². The van der Waals surface area contributed by atoms with E-state index < -0.39 is 0 Å². The number of anilines is 1. The van der Waals surface area contributed by atoms with E-state index in [9.17, 15) is 0 Å². The summed E-state index contributed by atoms with van der Waals surface area (Å²) in [6, 6.07) is 8.57.